The summed E-state index contributed by atoms with van der Waals surface area (Å²) in [6.07, 6.45) is 0. The van der Waals surface area contributed by atoms with Crippen molar-refractivity contribution in [2.75, 3.05) is 0 Å². The Labute approximate surface area is 88.0 Å². The monoisotopic (exact) mass is 206 g/mol. The lowest BCUT2D eigenvalue weighted by atomic mass is 10.2. The van der Waals surface area contributed by atoms with Gasteiger partial charge in [-0.15, -0.1) is 0 Å². The maximum absolute atomic E-state index is 6.04. The van der Waals surface area contributed by atoms with E-state index < -0.39 is 0 Å². The van der Waals surface area contributed by atoms with Crippen molar-refractivity contribution >= 4 is 11.6 Å². The fourth-order valence-corrected chi connectivity index (χ4v) is 1.69. The zero-order valence-electron chi connectivity index (χ0n) is 8.13. The van der Waals surface area contributed by atoms with E-state index in [-0.39, 0.29) is 0 Å². The van der Waals surface area contributed by atoms with Crippen molar-refractivity contribution in [3.05, 3.63) is 40.8 Å². The molecule has 2 aromatic rings. The smallest absolute Gasteiger partial charge is 0.138 e. The van der Waals surface area contributed by atoms with Gasteiger partial charge in [-0.1, -0.05) is 11.6 Å². The predicted octanol–water partition coefficient (Wildman–Crippen LogP) is 3.35. The number of aromatic nitrogens is 2. The normalized spacial score (nSPS) is 10.5. The Hall–Kier alpha value is -1.28. The lowest BCUT2D eigenvalue weighted by molar-refractivity contribution is 1.19. The molecule has 0 saturated carbocycles. The third-order valence-corrected chi connectivity index (χ3v) is 2.40. The molecule has 0 aliphatic heterocycles. The Morgan fingerprint density at radius 2 is 1.93 bits per heavy atom. The highest BCUT2D eigenvalue weighted by Gasteiger charge is 2.05. The molecule has 2 rings (SSSR count). The second-order valence-electron chi connectivity index (χ2n) is 3.35. The van der Waals surface area contributed by atoms with Crippen LogP contribution in [0.25, 0.3) is 11.3 Å². The van der Waals surface area contributed by atoms with Gasteiger partial charge in [0.2, 0.25) is 0 Å². The van der Waals surface area contributed by atoms with Crippen molar-refractivity contribution < 1.29 is 0 Å². The van der Waals surface area contributed by atoms with Gasteiger partial charge in [0.05, 0.1) is 0 Å². The molecule has 1 N–H and O–H groups in total. The van der Waals surface area contributed by atoms with Crippen LogP contribution in [0.5, 0.6) is 0 Å². The molecule has 0 amide bonds. The topological polar surface area (TPSA) is 28.7 Å². The summed E-state index contributed by atoms with van der Waals surface area (Å²) in [7, 11) is 0. The number of hydrogen-bond acceptors (Lipinski definition) is 1. The average Bonchev–Trinajstić information content (AvgIpc) is 2.51. The second kappa shape index (κ2) is 3.46. The number of rotatable bonds is 1. The summed E-state index contributed by atoms with van der Waals surface area (Å²) in [5.41, 5.74) is 4.02. The first kappa shape index (κ1) is 9.28. The van der Waals surface area contributed by atoms with Gasteiger partial charge in [-0.05, 0) is 38.1 Å². The van der Waals surface area contributed by atoms with Gasteiger partial charge in [0, 0.05) is 22.6 Å². The Kier molecular flexibility index (Phi) is 2.30. The zero-order valence-corrected chi connectivity index (χ0v) is 8.89. The van der Waals surface area contributed by atoms with E-state index in [1.54, 1.807) is 0 Å². The molecule has 72 valence electrons. The molecule has 0 unspecified atom stereocenters. The van der Waals surface area contributed by atoms with Crippen molar-refractivity contribution in [1.82, 2.24) is 9.97 Å². The van der Waals surface area contributed by atoms with Gasteiger partial charge in [0.25, 0.3) is 0 Å². The van der Waals surface area contributed by atoms with Crippen LogP contribution in [0, 0.1) is 13.8 Å². The minimum atomic E-state index is 0.548. The van der Waals surface area contributed by atoms with E-state index in [1.807, 2.05) is 38.1 Å². The van der Waals surface area contributed by atoms with Crippen LogP contribution in [-0.4, -0.2) is 9.97 Å². The summed E-state index contributed by atoms with van der Waals surface area (Å²) < 4.78 is 0. The number of hydrogen-bond donors (Lipinski definition) is 1. The van der Waals surface area contributed by atoms with Gasteiger partial charge in [0.1, 0.15) is 5.15 Å². The van der Waals surface area contributed by atoms with E-state index in [0.717, 1.165) is 22.6 Å². The molecule has 0 aliphatic carbocycles. The number of aryl methyl sites for hydroxylation is 2. The fourth-order valence-electron chi connectivity index (χ4n) is 1.39. The molecule has 0 aliphatic rings. The number of aromatic amines is 1. The molecule has 0 aromatic carbocycles. The predicted molar refractivity (Wildman–Crippen MR) is 58.5 cm³/mol. The summed E-state index contributed by atoms with van der Waals surface area (Å²) in [6, 6.07) is 7.96. The van der Waals surface area contributed by atoms with Crippen molar-refractivity contribution in [3.63, 3.8) is 0 Å². The van der Waals surface area contributed by atoms with Gasteiger partial charge >= 0.3 is 0 Å². The van der Waals surface area contributed by atoms with Gasteiger partial charge in [-0.2, -0.15) is 0 Å². The van der Waals surface area contributed by atoms with E-state index in [9.17, 15) is 0 Å². The van der Waals surface area contributed by atoms with E-state index >= 15 is 0 Å². The number of nitrogens with zero attached hydrogens (tertiary/aromatic N) is 1. The molecular formula is C11H11ClN2. The van der Waals surface area contributed by atoms with Gasteiger partial charge < -0.3 is 4.98 Å². The number of nitrogens with one attached hydrogen (secondary N) is 1. The van der Waals surface area contributed by atoms with Crippen LogP contribution in [-0.2, 0) is 0 Å². The van der Waals surface area contributed by atoms with Gasteiger partial charge in [-0.25, -0.2) is 4.98 Å². The molecule has 0 fully saturated rings. The van der Waals surface area contributed by atoms with Crippen LogP contribution in [0.1, 0.15) is 11.4 Å². The van der Waals surface area contributed by atoms with Crippen molar-refractivity contribution in [1.29, 1.82) is 0 Å². The Bertz CT molecular complexity index is 460. The van der Waals surface area contributed by atoms with Crippen molar-refractivity contribution in [2.24, 2.45) is 0 Å². The first-order chi connectivity index (χ1) is 6.66. The molecule has 2 heterocycles. The van der Waals surface area contributed by atoms with E-state index in [2.05, 4.69) is 9.97 Å². The first-order valence-electron chi connectivity index (χ1n) is 4.46. The molecule has 0 saturated heterocycles. The molecule has 0 spiro atoms. The quantitative estimate of drug-likeness (QED) is 0.713. The van der Waals surface area contributed by atoms with Gasteiger partial charge in [0.15, 0.2) is 0 Å². The zero-order chi connectivity index (χ0) is 10.1. The Balaban J connectivity index is 2.52. The molecule has 14 heavy (non-hydrogen) atoms. The number of halogens is 1. The van der Waals surface area contributed by atoms with Crippen LogP contribution in [0.3, 0.4) is 0 Å². The van der Waals surface area contributed by atoms with Crippen molar-refractivity contribution in [2.45, 2.75) is 13.8 Å². The molecule has 3 heteroatoms. The maximum Gasteiger partial charge on any atom is 0.138 e. The van der Waals surface area contributed by atoms with Crippen LogP contribution < -0.4 is 0 Å². The average molecular weight is 207 g/mol. The largest absolute Gasteiger partial charge is 0.359 e. The summed E-state index contributed by atoms with van der Waals surface area (Å²) in [6.45, 7) is 3.94. The maximum atomic E-state index is 6.04. The van der Waals surface area contributed by atoms with Gasteiger partial charge in [-0.3, -0.25) is 0 Å². The lowest BCUT2D eigenvalue weighted by Crippen LogP contribution is -1.86. The molecule has 2 nitrogen and oxygen atoms in total. The van der Waals surface area contributed by atoms with E-state index in [4.69, 9.17) is 11.6 Å². The van der Waals surface area contributed by atoms with Crippen LogP contribution in [0.2, 0.25) is 5.15 Å². The Morgan fingerprint density at radius 1 is 1.14 bits per heavy atom. The first-order valence-corrected chi connectivity index (χ1v) is 4.84. The SMILES string of the molecule is Cc1ccc(-c2ccc(C)[nH]2)c(Cl)n1. The van der Waals surface area contributed by atoms with Crippen molar-refractivity contribution in [3.8, 4) is 11.3 Å². The highest BCUT2D eigenvalue weighted by molar-refractivity contribution is 6.32. The second-order valence-corrected chi connectivity index (χ2v) is 3.70. The third-order valence-electron chi connectivity index (χ3n) is 2.11. The fraction of sp³-hybridized carbons (Fsp3) is 0.182. The Morgan fingerprint density at radius 3 is 2.50 bits per heavy atom. The van der Waals surface area contributed by atoms with E-state index in [0.29, 0.717) is 5.15 Å². The molecule has 0 radical (unpaired) electrons. The number of pyridine rings is 1. The lowest BCUT2D eigenvalue weighted by Gasteiger charge is -2.01. The summed E-state index contributed by atoms with van der Waals surface area (Å²) in [5, 5.41) is 0.548. The molecular weight excluding hydrogens is 196 g/mol. The minimum Gasteiger partial charge on any atom is -0.359 e. The highest BCUT2D eigenvalue weighted by atomic mass is 35.5. The summed E-state index contributed by atoms with van der Waals surface area (Å²) in [4.78, 5) is 7.43. The van der Waals surface area contributed by atoms with Crippen LogP contribution in [0.15, 0.2) is 24.3 Å². The molecule has 0 bridgehead atoms. The van der Waals surface area contributed by atoms with E-state index in [1.165, 1.54) is 0 Å². The van der Waals surface area contributed by atoms with Crippen LogP contribution in [0.4, 0.5) is 0 Å². The molecule has 0 atom stereocenters. The highest BCUT2D eigenvalue weighted by Crippen LogP contribution is 2.25. The van der Waals surface area contributed by atoms with Crippen LogP contribution >= 0.6 is 11.6 Å². The standard InChI is InChI=1S/C11H11ClN2/c1-7-4-6-10(13-7)9-5-3-8(2)14-11(9)12/h3-6,13H,1-2H3. The minimum absolute atomic E-state index is 0.548. The molecule has 2 aromatic heterocycles. The summed E-state index contributed by atoms with van der Waals surface area (Å²) in [5.74, 6) is 0. The number of H-pyrrole nitrogens is 1. The summed E-state index contributed by atoms with van der Waals surface area (Å²) >= 11 is 6.04. The third kappa shape index (κ3) is 1.66.